The third-order valence-electron chi connectivity index (χ3n) is 3.82. The van der Waals surface area contributed by atoms with E-state index < -0.39 is 0 Å². The highest BCUT2D eigenvalue weighted by atomic mass is 16.2. The van der Waals surface area contributed by atoms with Crippen LogP contribution in [0.25, 0.3) is 0 Å². The molecule has 0 spiro atoms. The van der Waals surface area contributed by atoms with E-state index in [4.69, 9.17) is 5.73 Å². The Morgan fingerprint density at radius 3 is 2.47 bits per heavy atom. The molecule has 0 aliphatic heterocycles. The highest BCUT2D eigenvalue weighted by molar-refractivity contribution is 5.75. The number of rotatable bonds is 5. The molecule has 1 unspecified atom stereocenters. The fourth-order valence-corrected chi connectivity index (χ4v) is 2.07. The third-order valence-corrected chi connectivity index (χ3v) is 3.82. The van der Waals surface area contributed by atoms with Gasteiger partial charge in [0.1, 0.15) is 0 Å². The minimum absolute atomic E-state index is 0.0840. The van der Waals surface area contributed by atoms with Gasteiger partial charge in [0.15, 0.2) is 0 Å². The molecule has 0 saturated carbocycles. The van der Waals surface area contributed by atoms with Gasteiger partial charge in [-0.3, -0.25) is 4.79 Å². The zero-order chi connectivity index (χ0) is 14.6. The Bertz CT molecular complexity index is 452. The molecule has 1 aromatic carbocycles. The molecule has 1 atom stereocenters. The first-order valence-electron chi connectivity index (χ1n) is 6.88. The molecule has 1 aromatic rings. The average Bonchev–Trinajstić information content (AvgIpc) is 2.36. The van der Waals surface area contributed by atoms with Crippen molar-refractivity contribution in [3.8, 4) is 0 Å². The van der Waals surface area contributed by atoms with Crippen LogP contribution in [-0.2, 0) is 11.3 Å². The molecule has 0 bridgehead atoms. The van der Waals surface area contributed by atoms with Crippen molar-refractivity contribution in [3.63, 3.8) is 0 Å². The van der Waals surface area contributed by atoms with E-state index in [2.05, 4.69) is 32.9 Å². The second kappa shape index (κ2) is 6.71. The van der Waals surface area contributed by atoms with Gasteiger partial charge in [0.05, 0.1) is 0 Å². The first-order chi connectivity index (χ1) is 8.82. The number of carbonyl (C=O) groups is 1. The molecule has 2 N–H and O–H groups in total. The van der Waals surface area contributed by atoms with Gasteiger partial charge in [0.25, 0.3) is 0 Å². The summed E-state index contributed by atoms with van der Waals surface area (Å²) in [6.07, 6.45) is 1.27. The van der Waals surface area contributed by atoms with E-state index in [1.54, 1.807) is 4.90 Å². The molecular weight excluding hydrogens is 236 g/mol. The summed E-state index contributed by atoms with van der Waals surface area (Å²) in [6.45, 7) is 8.97. The Morgan fingerprint density at radius 2 is 1.89 bits per heavy atom. The quantitative estimate of drug-likeness (QED) is 0.887. The van der Waals surface area contributed by atoms with E-state index in [9.17, 15) is 4.79 Å². The van der Waals surface area contributed by atoms with Crippen LogP contribution in [0.4, 0.5) is 0 Å². The number of amides is 1. The molecule has 0 fully saturated rings. The van der Waals surface area contributed by atoms with Crippen LogP contribution >= 0.6 is 0 Å². The van der Waals surface area contributed by atoms with E-state index in [0.717, 1.165) is 6.42 Å². The van der Waals surface area contributed by atoms with Crippen molar-refractivity contribution in [1.29, 1.82) is 0 Å². The SMILES string of the molecule is Cc1ccc(CN(C)C(=O)CCC(C)N)c(C)c1C. The number of hydrogen-bond acceptors (Lipinski definition) is 2. The van der Waals surface area contributed by atoms with Gasteiger partial charge in [-0.2, -0.15) is 0 Å². The highest BCUT2D eigenvalue weighted by Crippen LogP contribution is 2.18. The van der Waals surface area contributed by atoms with Crippen LogP contribution in [0, 0.1) is 20.8 Å². The average molecular weight is 262 g/mol. The second-order valence-corrected chi connectivity index (χ2v) is 5.56. The Balaban J connectivity index is 2.69. The molecule has 3 nitrogen and oxygen atoms in total. The minimum Gasteiger partial charge on any atom is -0.341 e. The van der Waals surface area contributed by atoms with E-state index in [1.165, 1.54) is 22.3 Å². The van der Waals surface area contributed by atoms with E-state index in [-0.39, 0.29) is 11.9 Å². The maximum atomic E-state index is 12.0. The van der Waals surface area contributed by atoms with Gasteiger partial charge in [0.2, 0.25) is 5.91 Å². The molecule has 1 rings (SSSR count). The van der Waals surface area contributed by atoms with Crippen molar-refractivity contribution in [2.24, 2.45) is 5.73 Å². The Labute approximate surface area is 116 Å². The molecule has 0 radical (unpaired) electrons. The van der Waals surface area contributed by atoms with Crippen LogP contribution in [0.5, 0.6) is 0 Å². The van der Waals surface area contributed by atoms with Crippen molar-refractivity contribution in [1.82, 2.24) is 4.90 Å². The maximum Gasteiger partial charge on any atom is 0.222 e. The van der Waals surface area contributed by atoms with Gasteiger partial charge in [-0.05, 0) is 56.4 Å². The molecule has 0 aliphatic rings. The third kappa shape index (κ3) is 4.35. The number of carbonyl (C=O) groups excluding carboxylic acids is 1. The van der Waals surface area contributed by atoms with Crippen LogP contribution in [-0.4, -0.2) is 23.9 Å². The fourth-order valence-electron chi connectivity index (χ4n) is 2.07. The number of hydrogen-bond donors (Lipinski definition) is 1. The summed E-state index contributed by atoms with van der Waals surface area (Å²) in [5, 5.41) is 0. The lowest BCUT2D eigenvalue weighted by atomic mass is 9.98. The number of benzene rings is 1. The van der Waals surface area contributed by atoms with Crippen molar-refractivity contribution >= 4 is 5.91 Å². The Kier molecular flexibility index (Phi) is 5.55. The Hall–Kier alpha value is -1.35. The van der Waals surface area contributed by atoms with Gasteiger partial charge in [0, 0.05) is 26.1 Å². The van der Waals surface area contributed by atoms with Gasteiger partial charge >= 0.3 is 0 Å². The molecule has 1 amide bonds. The first kappa shape index (κ1) is 15.7. The summed E-state index contributed by atoms with van der Waals surface area (Å²) in [5.41, 5.74) is 10.8. The van der Waals surface area contributed by atoms with Gasteiger partial charge in [-0.15, -0.1) is 0 Å². The van der Waals surface area contributed by atoms with Crippen molar-refractivity contribution in [3.05, 3.63) is 34.4 Å². The van der Waals surface area contributed by atoms with Crippen LogP contribution in [0.15, 0.2) is 12.1 Å². The predicted octanol–water partition coefficient (Wildman–Crippen LogP) is 2.70. The van der Waals surface area contributed by atoms with E-state index in [0.29, 0.717) is 13.0 Å². The summed E-state index contributed by atoms with van der Waals surface area (Å²) in [7, 11) is 1.86. The molecule has 0 aromatic heterocycles. The molecule has 106 valence electrons. The summed E-state index contributed by atoms with van der Waals surface area (Å²) in [4.78, 5) is 13.8. The smallest absolute Gasteiger partial charge is 0.222 e. The topological polar surface area (TPSA) is 46.3 Å². The normalized spacial score (nSPS) is 12.3. The van der Waals surface area contributed by atoms with Crippen molar-refractivity contribution in [2.75, 3.05) is 7.05 Å². The summed E-state index contributed by atoms with van der Waals surface area (Å²) in [5.74, 6) is 0.162. The second-order valence-electron chi connectivity index (χ2n) is 5.56. The maximum absolute atomic E-state index is 12.0. The molecule has 19 heavy (non-hydrogen) atoms. The molecule has 3 heteroatoms. The largest absolute Gasteiger partial charge is 0.341 e. The molecule has 0 aliphatic carbocycles. The Morgan fingerprint density at radius 1 is 1.26 bits per heavy atom. The van der Waals surface area contributed by atoms with Gasteiger partial charge < -0.3 is 10.6 Å². The van der Waals surface area contributed by atoms with Crippen molar-refractivity contribution in [2.45, 2.75) is 53.1 Å². The summed E-state index contributed by atoms with van der Waals surface area (Å²) >= 11 is 0. The van der Waals surface area contributed by atoms with E-state index in [1.807, 2.05) is 14.0 Å². The first-order valence-corrected chi connectivity index (χ1v) is 6.88. The predicted molar refractivity (Wildman–Crippen MR) is 80.0 cm³/mol. The summed E-state index contributed by atoms with van der Waals surface area (Å²) in [6, 6.07) is 4.33. The number of nitrogens with two attached hydrogens (primary N) is 1. The highest BCUT2D eigenvalue weighted by Gasteiger charge is 2.12. The zero-order valence-electron chi connectivity index (χ0n) is 12.8. The lowest BCUT2D eigenvalue weighted by Gasteiger charge is -2.20. The number of aryl methyl sites for hydroxylation is 1. The van der Waals surface area contributed by atoms with E-state index >= 15 is 0 Å². The van der Waals surface area contributed by atoms with Crippen molar-refractivity contribution < 1.29 is 4.79 Å². The lowest BCUT2D eigenvalue weighted by Crippen LogP contribution is -2.28. The van der Waals surface area contributed by atoms with Crippen LogP contribution in [0.2, 0.25) is 0 Å². The van der Waals surface area contributed by atoms with Crippen LogP contribution < -0.4 is 5.73 Å². The molecule has 0 heterocycles. The summed E-state index contributed by atoms with van der Waals surface area (Å²) < 4.78 is 0. The molecule has 0 saturated heterocycles. The van der Waals surface area contributed by atoms with Gasteiger partial charge in [-0.25, -0.2) is 0 Å². The van der Waals surface area contributed by atoms with Crippen LogP contribution in [0.1, 0.15) is 42.0 Å². The molecular formula is C16H26N2O. The standard InChI is InChI=1S/C16H26N2O/c1-11-6-8-15(14(4)13(11)3)10-18(5)16(19)9-7-12(2)17/h6,8,12H,7,9-10,17H2,1-5H3. The lowest BCUT2D eigenvalue weighted by molar-refractivity contribution is -0.130. The monoisotopic (exact) mass is 262 g/mol. The zero-order valence-corrected chi connectivity index (χ0v) is 12.8. The fraction of sp³-hybridized carbons (Fsp3) is 0.562. The number of nitrogens with zero attached hydrogens (tertiary/aromatic N) is 1. The minimum atomic E-state index is 0.0840. The van der Waals surface area contributed by atoms with Crippen LogP contribution in [0.3, 0.4) is 0 Å². The van der Waals surface area contributed by atoms with Gasteiger partial charge in [-0.1, -0.05) is 12.1 Å².